The number of carbonyl (C=O) groups excluding carboxylic acids is 1. The van der Waals surface area contributed by atoms with Crippen molar-refractivity contribution in [2.75, 3.05) is 0 Å². The number of aryl methyl sites for hydroxylation is 1. The summed E-state index contributed by atoms with van der Waals surface area (Å²) in [6.45, 7) is 0.849. The maximum absolute atomic E-state index is 12.7. The summed E-state index contributed by atoms with van der Waals surface area (Å²) in [4.78, 5) is 12.7. The Morgan fingerprint density at radius 3 is 2.79 bits per heavy atom. The smallest absolute Gasteiger partial charge is 0.287 e. The minimum absolute atomic E-state index is 0.0927. The zero-order chi connectivity index (χ0) is 19.1. The van der Waals surface area contributed by atoms with Crippen molar-refractivity contribution in [1.82, 2.24) is 20.1 Å². The van der Waals surface area contributed by atoms with Gasteiger partial charge >= 0.3 is 0 Å². The van der Waals surface area contributed by atoms with E-state index >= 15 is 0 Å². The van der Waals surface area contributed by atoms with E-state index in [-0.39, 0.29) is 11.9 Å². The van der Waals surface area contributed by atoms with Crippen LogP contribution in [0.5, 0.6) is 0 Å². The van der Waals surface area contributed by atoms with Crippen LogP contribution in [0.2, 0.25) is 5.02 Å². The molecule has 3 heterocycles. The topological polar surface area (TPSA) is 73.0 Å². The van der Waals surface area contributed by atoms with E-state index in [4.69, 9.17) is 16.0 Å². The van der Waals surface area contributed by atoms with Gasteiger partial charge in [0.05, 0.1) is 5.02 Å². The highest BCUT2D eigenvalue weighted by atomic mass is 35.5. The van der Waals surface area contributed by atoms with E-state index < -0.39 is 0 Å². The third-order valence-electron chi connectivity index (χ3n) is 5.52. The number of nitrogens with zero attached hydrogens (tertiary/aromatic N) is 3. The number of fused-ring (bicyclic) bond motifs is 1. The van der Waals surface area contributed by atoms with Gasteiger partial charge in [0, 0.05) is 30.5 Å². The molecule has 0 spiro atoms. The van der Waals surface area contributed by atoms with Crippen LogP contribution in [-0.4, -0.2) is 26.7 Å². The molecule has 2 aliphatic rings. The number of nitrogens with one attached hydrogen (secondary N) is 1. The van der Waals surface area contributed by atoms with Gasteiger partial charge in [0.25, 0.3) is 5.91 Å². The molecule has 28 heavy (non-hydrogen) atoms. The van der Waals surface area contributed by atoms with Crippen molar-refractivity contribution in [1.29, 1.82) is 0 Å². The molecular formula is C21H21ClN4O2. The van der Waals surface area contributed by atoms with Crippen LogP contribution in [0.25, 0.3) is 11.3 Å². The molecule has 0 bridgehead atoms. The molecule has 1 aliphatic carbocycles. The number of furan rings is 1. The van der Waals surface area contributed by atoms with Gasteiger partial charge in [-0.3, -0.25) is 4.79 Å². The summed E-state index contributed by atoms with van der Waals surface area (Å²) in [6.07, 6.45) is 4.98. The van der Waals surface area contributed by atoms with Crippen molar-refractivity contribution in [2.45, 2.75) is 50.6 Å². The van der Waals surface area contributed by atoms with E-state index in [1.54, 1.807) is 18.2 Å². The fourth-order valence-corrected chi connectivity index (χ4v) is 4.05. The van der Waals surface area contributed by atoms with Gasteiger partial charge in [-0.05, 0) is 49.9 Å². The summed E-state index contributed by atoms with van der Waals surface area (Å²) in [5.74, 6) is 3.45. The molecule has 0 radical (unpaired) electrons. The summed E-state index contributed by atoms with van der Waals surface area (Å²) in [5, 5.41) is 12.5. The molecular weight excluding hydrogens is 376 g/mol. The second kappa shape index (κ2) is 7.09. The van der Waals surface area contributed by atoms with E-state index in [0.29, 0.717) is 22.5 Å². The zero-order valence-corrected chi connectivity index (χ0v) is 16.2. The first-order valence-corrected chi connectivity index (χ1v) is 10.1. The quantitative estimate of drug-likeness (QED) is 0.717. The van der Waals surface area contributed by atoms with E-state index in [1.165, 1.54) is 12.8 Å². The molecule has 0 saturated heterocycles. The summed E-state index contributed by atoms with van der Waals surface area (Å²) < 4.78 is 8.02. The number of halogens is 1. The molecule has 6 nitrogen and oxygen atoms in total. The summed E-state index contributed by atoms with van der Waals surface area (Å²) in [6, 6.07) is 11.0. The molecule has 1 saturated carbocycles. The van der Waals surface area contributed by atoms with Crippen LogP contribution >= 0.6 is 11.6 Å². The van der Waals surface area contributed by atoms with Crippen molar-refractivity contribution >= 4 is 17.5 Å². The minimum Gasteiger partial charge on any atom is -0.451 e. The standard InChI is InChI=1S/C21H21ClN4O2/c22-16-4-2-1-3-15(16)17-8-9-18(28-17)21(27)23-14-7-10-19-24-25-20(13-5-6-13)26(19)12-11-14/h1-4,8-9,13-14H,5-7,10-12H2,(H,23,27). The van der Waals surface area contributed by atoms with Gasteiger partial charge in [0.1, 0.15) is 17.4 Å². The Bertz CT molecular complexity index is 1020. The maximum Gasteiger partial charge on any atom is 0.287 e. The van der Waals surface area contributed by atoms with Gasteiger partial charge in [0.15, 0.2) is 5.76 Å². The molecule has 1 unspecified atom stereocenters. The van der Waals surface area contributed by atoms with Crippen molar-refractivity contribution in [3.63, 3.8) is 0 Å². The SMILES string of the molecule is O=C(NC1CCc2nnc(C3CC3)n2CC1)c1ccc(-c2ccccc2Cl)o1. The summed E-state index contributed by atoms with van der Waals surface area (Å²) in [7, 11) is 0. The molecule has 1 amide bonds. The Kier molecular flexibility index (Phi) is 4.43. The number of benzene rings is 1. The highest BCUT2D eigenvalue weighted by Crippen LogP contribution is 2.39. The van der Waals surface area contributed by atoms with Crippen LogP contribution in [0.15, 0.2) is 40.8 Å². The fraction of sp³-hybridized carbons (Fsp3) is 0.381. The molecule has 1 aromatic carbocycles. The predicted octanol–water partition coefficient (Wildman–Crippen LogP) is 4.20. The summed E-state index contributed by atoms with van der Waals surface area (Å²) >= 11 is 6.22. The van der Waals surface area contributed by atoms with Crippen LogP contribution < -0.4 is 5.32 Å². The number of aromatic nitrogens is 3. The number of amides is 1. The number of rotatable bonds is 4. The third-order valence-corrected chi connectivity index (χ3v) is 5.85. The zero-order valence-electron chi connectivity index (χ0n) is 15.4. The predicted molar refractivity (Wildman–Crippen MR) is 105 cm³/mol. The maximum atomic E-state index is 12.7. The average molecular weight is 397 g/mol. The van der Waals surface area contributed by atoms with Gasteiger partial charge in [-0.1, -0.05) is 23.7 Å². The largest absolute Gasteiger partial charge is 0.451 e. The average Bonchev–Trinajstić information content (AvgIpc) is 3.34. The normalized spacial score (nSPS) is 19.1. The molecule has 7 heteroatoms. The van der Waals surface area contributed by atoms with E-state index in [1.807, 2.05) is 18.2 Å². The lowest BCUT2D eigenvalue weighted by atomic mass is 10.1. The summed E-state index contributed by atoms with van der Waals surface area (Å²) in [5.41, 5.74) is 0.781. The van der Waals surface area contributed by atoms with Gasteiger partial charge in [-0.25, -0.2) is 0 Å². The Balaban J connectivity index is 1.26. The second-order valence-electron chi connectivity index (χ2n) is 7.54. The Hall–Kier alpha value is -2.60. The van der Waals surface area contributed by atoms with E-state index in [9.17, 15) is 4.79 Å². The van der Waals surface area contributed by atoms with Crippen LogP contribution in [-0.2, 0) is 13.0 Å². The van der Waals surface area contributed by atoms with Crippen molar-refractivity contribution in [3.8, 4) is 11.3 Å². The van der Waals surface area contributed by atoms with Gasteiger partial charge in [-0.2, -0.15) is 0 Å². The van der Waals surface area contributed by atoms with Crippen LogP contribution in [0.1, 0.15) is 53.8 Å². The number of hydrogen-bond donors (Lipinski definition) is 1. The lowest BCUT2D eigenvalue weighted by Gasteiger charge is -2.15. The molecule has 144 valence electrons. The van der Waals surface area contributed by atoms with Crippen LogP contribution in [0.4, 0.5) is 0 Å². The lowest BCUT2D eigenvalue weighted by Crippen LogP contribution is -2.35. The molecule has 2 aromatic heterocycles. The van der Waals surface area contributed by atoms with E-state index in [2.05, 4.69) is 20.1 Å². The monoisotopic (exact) mass is 396 g/mol. The van der Waals surface area contributed by atoms with E-state index in [0.717, 1.165) is 43.0 Å². The molecule has 1 atom stereocenters. The fourth-order valence-electron chi connectivity index (χ4n) is 3.82. The molecule has 1 aliphatic heterocycles. The Labute approximate surface area is 167 Å². The molecule has 3 aromatic rings. The van der Waals surface area contributed by atoms with Crippen molar-refractivity contribution in [2.24, 2.45) is 0 Å². The first-order chi connectivity index (χ1) is 13.7. The molecule has 5 rings (SSSR count). The minimum atomic E-state index is -0.191. The first-order valence-electron chi connectivity index (χ1n) is 9.76. The Morgan fingerprint density at radius 1 is 1.11 bits per heavy atom. The molecule has 1 N–H and O–H groups in total. The van der Waals surface area contributed by atoms with Gasteiger partial charge < -0.3 is 14.3 Å². The third kappa shape index (κ3) is 3.33. The van der Waals surface area contributed by atoms with Crippen LogP contribution in [0, 0.1) is 0 Å². The van der Waals surface area contributed by atoms with Crippen molar-refractivity contribution < 1.29 is 9.21 Å². The lowest BCUT2D eigenvalue weighted by molar-refractivity contribution is 0.0905. The Morgan fingerprint density at radius 2 is 1.96 bits per heavy atom. The number of hydrogen-bond acceptors (Lipinski definition) is 4. The van der Waals surface area contributed by atoms with Crippen molar-refractivity contribution in [3.05, 3.63) is 58.8 Å². The number of carbonyl (C=O) groups is 1. The first kappa shape index (κ1) is 17.5. The van der Waals surface area contributed by atoms with Gasteiger partial charge in [0.2, 0.25) is 0 Å². The van der Waals surface area contributed by atoms with Crippen LogP contribution in [0.3, 0.4) is 0 Å². The highest BCUT2D eigenvalue weighted by molar-refractivity contribution is 6.33. The van der Waals surface area contributed by atoms with Gasteiger partial charge in [-0.15, -0.1) is 10.2 Å². The molecule has 1 fully saturated rings. The second-order valence-corrected chi connectivity index (χ2v) is 7.95. The highest BCUT2D eigenvalue weighted by Gasteiger charge is 2.31.